The fraction of sp³-hybridized carbons (Fsp3) is 0.200. The molecule has 0 amide bonds. The van der Waals surface area contributed by atoms with E-state index in [0.29, 0.717) is 5.69 Å². The second-order valence-electron chi connectivity index (χ2n) is 1.62. The van der Waals surface area contributed by atoms with Gasteiger partial charge in [-0.05, 0) is 0 Å². The van der Waals surface area contributed by atoms with E-state index in [9.17, 15) is 4.79 Å². The lowest BCUT2D eigenvalue weighted by molar-refractivity contribution is 0.0652. The molecule has 10 heavy (non-hydrogen) atoms. The summed E-state index contributed by atoms with van der Waals surface area (Å²) in [4.78, 5) is 10.2. The minimum atomic E-state index is -1.14. The first-order chi connectivity index (χ1) is 4.74. The van der Waals surface area contributed by atoms with Gasteiger partial charge in [0.15, 0.2) is 0 Å². The molecule has 0 fully saturated rings. The molecule has 0 saturated carbocycles. The third-order valence-corrected chi connectivity index (χ3v) is 1.18. The van der Waals surface area contributed by atoms with Gasteiger partial charge in [0.2, 0.25) is 5.76 Å². The zero-order chi connectivity index (χ0) is 7.56. The van der Waals surface area contributed by atoms with Crippen LogP contribution in [0.15, 0.2) is 10.6 Å². The molecule has 1 aromatic rings. The smallest absolute Gasteiger partial charge is 0.374 e. The summed E-state index contributed by atoms with van der Waals surface area (Å²) < 4.78 is 4.38. The first-order valence-electron chi connectivity index (χ1n) is 2.49. The minimum absolute atomic E-state index is 0.163. The van der Waals surface area contributed by atoms with Gasteiger partial charge in [-0.15, -0.1) is 11.6 Å². The quantitative estimate of drug-likeness (QED) is 0.660. The van der Waals surface area contributed by atoms with Crippen molar-refractivity contribution in [3.8, 4) is 0 Å². The molecule has 0 spiro atoms. The Morgan fingerprint density at radius 3 is 2.90 bits per heavy atom. The predicted molar refractivity (Wildman–Crippen MR) is 33.0 cm³/mol. The molecule has 0 radical (unpaired) electrons. The van der Waals surface area contributed by atoms with Crippen LogP contribution in [0.5, 0.6) is 0 Å². The number of aromatic carboxylic acids is 1. The number of aromatic nitrogens is 1. The monoisotopic (exact) mass is 161 g/mol. The normalized spacial score (nSPS) is 9.70. The van der Waals surface area contributed by atoms with E-state index in [4.69, 9.17) is 16.7 Å². The van der Waals surface area contributed by atoms with Crippen molar-refractivity contribution in [2.24, 2.45) is 0 Å². The molecule has 0 aliphatic heterocycles. The lowest BCUT2D eigenvalue weighted by Gasteiger charge is -1.77. The van der Waals surface area contributed by atoms with Crippen LogP contribution in [0, 0.1) is 0 Å². The van der Waals surface area contributed by atoms with Crippen LogP contribution in [-0.4, -0.2) is 16.2 Å². The molecule has 0 unspecified atom stereocenters. The van der Waals surface area contributed by atoms with Gasteiger partial charge in [-0.3, -0.25) is 0 Å². The highest BCUT2D eigenvalue weighted by Gasteiger charge is 2.09. The number of hydrogen-bond acceptors (Lipinski definition) is 3. The number of rotatable bonds is 2. The molecule has 4 nitrogen and oxygen atoms in total. The van der Waals surface area contributed by atoms with E-state index < -0.39 is 5.97 Å². The van der Waals surface area contributed by atoms with Gasteiger partial charge in [-0.2, -0.15) is 0 Å². The summed E-state index contributed by atoms with van der Waals surface area (Å²) in [6, 6.07) is 1.29. The minimum Gasteiger partial charge on any atom is -0.475 e. The summed E-state index contributed by atoms with van der Waals surface area (Å²) in [7, 11) is 0. The molecule has 0 aliphatic rings. The van der Waals surface area contributed by atoms with Crippen LogP contribution in [0.1, 0.15) is 16.2 Å². The van der Waals surface area contributed by atoms with Crippen molar-refractivity contribution in [2.75, 3.05) is 0 Å². The number of carboxylic acids is 1. The SMILES string of the molecule is O=C(O)c1cc(CCl)no1. The first kappa shape index (κ1) is 7.08. The first-order valence-corrected chi connectivity index (χ1v) is 3.02. The van der Waals surface area contributed by atoms with Gasteiger partial charge in [-0.25, -0.2) is 4.79 Å². The Kier molecular flexibility index (Phi) is 1.91. The number of nitrogens with zero attached hydrogens (tertiary/aromatic N) is 1. The van der Waals surface area contributed by atoms with Crippen LogP contribution in [0.25, 0.3) is 0 Å². The maximum absolute atomic E-state index is 10.2. The maximum atomic E-state index is 10.2. The Hall–Kier alpha value is -1.03. The summed E-state index contributed by atoms with van der Waals surface area (Å²) in [5, 5.41) is 11.7. The highest BCUT2D eigenvalue weighted by Crippen LogP contribution is 2.05. The Morgan fingerprint density at radius 1 is 1.90 bits per heavy atom. The van der Waals surface area contributed by atoms with Crippen LogP contribution in [0.3, 0.4) is 0 Å². The second kappa shape index (κ2) is 2.70. The summed E-state index contributed by atoms with van der Waals surface area (Å²) in [5.41, 5.74) is 0.430. The van der Waals surface area contributed by atoms with E-state index in [1.165, 1.54) is 6.07 Å². The summed E-state index contributed by atoms with van der Waals surface area (Å²) >= 11 is 5.33. The lowest BCUT2D eigenvalue weighted by Crippen LogP contribution is -1.91. The summed E-state index contributed by atoms with van der Waals surface area (Å²) in [5.74, 6) is -1.16. The standard InChI is InChI=1S/C5H4ClNO3/c6-2-3-1-4(5(8)9)10-7-3/h1H,2H2,(H,8,9). The lowest BCUT2D eigenvalue weighted by atomic mass is 10.4. The van der Waals surface area contributed by atoms with Gasteiger partial charge in [0.25, 0.3) is 0 Å². The number of hydrogen-bond donors (Lipinski definition) is 1. The highest BCUT2D eigenvalue weighted by molar-refractivity contribution is 6.16. The zero-order valence-electron chi connectivity index (χ0n) is 4.87. The molecule has 54 valence electrons. The van der Waals surface area contributed by atoms with Gasteiger partial charge >= 0.3 is 5.97 Å². The van der Waals surface area contributed by atoms with Gasteiger partial charge in [-0.1, -0.05) is 5.16 Å². The third-order valence-electron chi connectivity index (χ3n) is 0.907. The topological polar surface area (TPSA) is 63.3 Å². The van der Waals surface area contributed by atoms with Gasteiger partial charge in [0.1, 0.15) is 0 Å². The molecule has 0 bridgehead atoms. The Labute approximate surface area is 61.4 Å². The van der Waals surface area contributed by atoms with Crippen LogP contribution < -0.4 is 0 Å². The van der Waals surface area contributed by atoms with Crippen LogP contribution >= 0.6 is 11.6 Å². The third kappa shape index (κ3) is 1.27. The number of carboxylic acid groups (broad SMARTS) is 1. The molecule has 1 heterocycles. The van der Waals surface area contributed by atoms with Crippen molar-refractivity contribution < 1.29 is 14.4 Å². The summed E-state index contributed by atoms with van der Waals surface area (Å²) in [6.07, 6.45) is 0. The van der Waals surface area contributed by atoms with Crippen LogP contribution in [0.4, 0.5) is 0 Å². The Morgan fingerprint density at radius 2 is 2.60 bits per heavy atom. The second-order valence-corrected chi connectivity index (χ2v) is 1.89. The van der Waals surface area contributed by atoms with Crippen molar-refractivity contribution in [3.05, 3.63) is 17.5 Å². The number of carbonyl (C=O) groups is 1. The Balaban J connectivity index is 2.88. The average molecular weight is 162 g/mol. The van der Waals surface area contributed by atoms with E-state index in [1.807, 2.05) is 0 Å². The Bertz CT molecular complexity index is 245. The van der Waals surface area contributed by atoms with Crippen molar-refractivity contribution in [1.29, 1.82) is 0 Å². The molecule has 5 heteroatoms. The van der Waals surface area contributed by atoms with Crippen LogP contribution in [0.2, 0.25) is 0 Å². The number of halogens is 1. The van der Waals surface area contributed by atoms with Crippen LogP contribution in [-0.2, 0) is 5.88 Å². The van der Waals surface area contributed by atoms with E-state index >= 15 is 0 Å². The molecule has 0 aliphatic carbocycles. The van der Waals surface area contributed by atoms with Crippen molar-refractivity contribution >= 4 is 17.6 Å². The van der Waals surface area contributed by atoms with E-state index in [0.717, 1.165) is 0 Å². The number of alkyl halides is 1. The fourth-order valence-corrected chi connectivity index (χ4v) is 0.602. The predicted octanol–water partition coefficient (Wildman–Crippen LogP) is 1.11. The maximum Gasteiger partial charge on any atom is 0.374 e. The molecule has 0 saturated heterocycles. The summed E-state index contributed by atoms with van der Waals surface area (Å²) in [6.45, 7) is 0. The molecule has 1 aromatic heterocycles. The van der Waals surface area contributed by atoms with Crippen molar-refractivity contribution in [2.45, 2.75) is 5.88 Å². The van der Waals surface area contributed by atoms with Gasteiger partial charge in [0.05, 0.1) is 11.6 Å². The van der Waals surface area contributed by atoms with Gasteiger partial charge < -0.3 is 9.63 Å². The molecular formula is C5H4ClNO3. The van der Waals surface area contributed by atoms with E-state index in [2.05, 4.69) is 9.68 Å². The average Bonchev–Trinajstić information content (AvgIpc) is 2.34. The van der Waals surface area contributed by atoms with Crippen molar-refractivity contribution in [1.82, 2.24) is 5.16 Å². The zero-order valence-corrected chi connectivity index (χ0v) is 5.63. The highest BCUT2D eigenvalue weighted by atomic mass is 35.5. The molecule has 0 aromatic carbocycles. The molecule has 1 N–H and O–H groups in total. The molecule has 0 atom stereocenters. The molecule has 1 rings (SSSR count). The van der Waals surface area contributed by atoms with Gasteiger partial charge in [0, 0.05) is 6.07 Å². The largest absolute Gasteiger partial charge is 0.475 e. The van der Waals surface area contributed by atoms with E-state index in [1.54, 1.807) is 0 Å². The van der Waals surface area contributed by atoms with Crippen molar-refractivity contribution in [3.63, 3.8) is 0 Å². The fourth-order valence-electron chi connectivity index (χ4n) is 0.476. The molecular weight excluding hydrogens is 158 g/mol. The van der Waals surface area contributed by atoms with E-state index in [-0.39, 0.29) is 11.6 Å².